The number of cyclic esters (lactones) is 2. The van der Waals surface area contributed by atoms with Crippen LogP contribution in [0.2, 0.25) is 20.1 Å². The number of nitrogens with zero attached hydrogens (tertiary/aromatic N) is 4. The molecular weight excluding hydrogens is 1130 g/mol. The number of hydrogen-bond donors (Lipinski definition) is 5. The molecule has 80 heavy (non-hydrogen) atoms. The van der Waals surface area contributed by atoms with Gasteiger partial charge >= 0.3 is 11.9 Å². The zero-order chi connectivity index (χ0) is 57.5. The number of phenolic OH excluding ortho intramolecular Hbond substituents is 1. The molecule has 8 amide bonds. The van der Waals surface area contributed by atoms with Gasteiger partial charge in [0, 0.05) is 43.7 Å². The molecule has 6 aliphatic heterocycles. The number of nitrogens with one attached hydrogen (secondary N) is 4. The third kappa shape index (κ3) is 13.4. The first-order valence-corrected chi connectivity index (χ1v) is 27.1. The maximum atomic E-state index is 13.8. The number of carbonyl (C=O) groups excluding carboxylic acids is 10. The summed E-state index contributed by atoms with van der Waals surface area (Å²) in [5.41, 5.74) is 0.963. The van der Waals surface area contributed by atoms with Gasteiger partial charge in [0.05, 0.1) is 46.6 Å². The highest BCUT2D eigenvalue weighted by Gasteiger charge is 2.48. The van der Waals surface area contributed by atoms with Crippen LogP contribution in [0.25, 0.3) is 0 Å². The number of phenols is 1. The van der Waals surface area contributed by atoms with Gasteiger partial charge in [0.2, 0.25) is 36.2 Å². The molecule has 9 rings (SSSR count). The first kappa shape index (κ1) is 59.2. The molecule has 0 saturated carbocycles. The van der Waals surface area contributed by atoms with E-state index in [1.807, 2.05) is 30.3 Å². The summed E-state index contributed by atoms with van der Waals surface area (Å²) in [7, 11) is 1.39. The largest absolute Gasteiger partial charge is 0.505 e. The zero-order valence-corrected chi connectivity index (χ0v) is 46.1. The first-order valence-electron chi connectivity index (χ1n) is 25.6. The Morgan fingerprint density at radius 1 is 0.625 bits per heavy atom. The highest BCUT2D eigenvalue weighted by molar-refractivity contribution is 6.38. The fourth-order valence-corrected chi connectivity index (χ4v) is 11.1. The molecule has 8 atom stereocenters. The van der Waals surface area contributed by atoms with Crippen molar-refractivity contribution in [3.63, 3.8) is 0 Å². The minimum Gasteiger partial charge on any atom is -0.505 e. The summed E-state index contributed by atoms with van der Waals surface area (Å²) in [4.78, 5) is 130. The van der Waals surface area contributed by atoms with Gasteiger partial charge in [0.25, 0.3) is 23.6 Å². The van der Waals surface area contributed by atoms with Gasteiger partial charge in [0.15, 0.2) is 11.5 Å². The number of halogens is 4. The maximum absolute atomic E-state index is 13.8. The predicted octanol–water partition coefficient (Wildman–Crippen LogP) is 3.72. The van der Waals surface area contributed by atoms with Crippen molar-refractivity contribution in [3.05, 3.63) is 91.4 Å². The number of amides is 8. The Labute approximate surface area is 477 Å². The molecule has 0 spiro atoms. The number of benzene rings is 3. The molecule has 6 saturated heterocycles. The van der Waals surface area contributed by atoms with Crippen LogP contribution in [0.5, 0.6) is 11.5 Å². The molecule has 6 fully saturated rings. The van der Waals surface area contributed by atoms with E-state index in [0.717, 1.165) is 15.6 Å². The van der Waals surface area contributed by atoms with Crippen molar-refractivity contribution in [1.29, 1.82) is 0 Å². The second-order valence-corrected chi connectivity index (χ2v) is 20.8. The second-order valence-electron chi connectivity index (χ2n) is 19.2. The molecule has 5 N–H and O–H groups in total. The highest BCUT2D eigenvalue weighted by atomic mass is 35.5. The minimum atomic E-state index is -1.12. The van der Waals surface area contributed by atoms with E-state index in [4.69, 9.17) is 70.1 Å². The monoisotopic (exact) mass is 1190 g/mol. The third-order valence-electron chi connectivity index (χ3n) is 13.9. The normalized spacial score (nSPS) is 24.7. The number of methoxy groups -OCH3 is 1. The summed E-state index contributed by atoms with van der Waals surface area (Å²) in [6.07, 6.45) is -0.685. The Kier molecular flexibility index (Phi) is 19.3. The van der Waals surface area contributed by atoms with Crippen molar-refractivity contribution >= 4 is 106 Å². The van der Waals surface area contributed by atoms with Crippen LogP contribution in [-0.4, -0.2) is 160 Å². The Morgan fingerprint density at radius 3 is 1.50 bits per heavy atom. The van der Waals surface area contributed by atoms with Gasteiger partial charge in [-0.05, 0) is 75.3 Å². The van der Waals surface area contributed by atoms with Gasteiger partial charge in [-0.15, -0.1) is 0 Å². The molecule has 428 valence electrons. The summed E-state index contributed by atoms with van der Waals surface area (Å²) < 4.78 is 26.7. The SMILES string of the molecule is CCOC1OC(=O)C[C@@H]1NC(=O)[C@@H]1CCCN2C(=O)CC[C@H](NC(=O)c3cc(Cl)c(O)c(Cl)c3)C(=O)N12.COc1c(Cl)cc(C(=O)N[C@H]2CCC(=O)N3CCC[C@@H](C(=O)N[C@H]4CC(=O)OC4OCc4ccccc4)N3C2=O)cc1Cl. The molecule has 2 unspecified atom stereocenters. The molecule has 0 bridgehead atoms. The van der Waals surface area contributed by atoms with E-state index in [9.17, 15) is 53.1 Å². The van der Waals surface area contributed by atoms with E-state index >= 15 is 0 Å². The minimum absolute atomic E-state index is 0.00818. The lowest BCUT2D eigenvalue weighted by molar-refractivity contribution is -0.177. The van der Waals surface area contributed by atoms with Crippen LogP contribution in [0.4, 0.5) is 0 Å². The van der Waals surface area contributed by atoms with Gasteiger partial charge in [0.1, 0.15) is 36.3 Å². The van der Waals surface area contributed by atoms with Crippen LogP contribution >= 0.6 is 46.4 Å². The molecule has 0 radical (unpaired) electrons. The first-order chi connectivity index (χ1) is 38.3. The average Bonchev–Trinajstić information content (AvgIpc) is 3.90. The van der Waals surface area contributed by atoms with Gasteiger partial charge < -0.3 is 50.1 Å². The van der Waals surface area contributed by atoms with E-state index in [1.54, 1.807) is 6.92 Å². The van der Waals surface area contributed by atoms with Crippen molar-refractivity contribution in [1.82, 2.24) is 41.3 Å². The number of ether oxygens (including phenoxy) is 5. The smallest absolute Gasteiger partial charge is 0.310 e. The van der Waals surface area contributed by atoms with Gasteiger partial charge in [-0.1, -0.05) is 76.7 Å². The fourth-order valence-electron chi connectivity index (χ4n) is 9.96. The summed E-state index contributed by atoms with van der Waals surface area (Å²) >= 11 is 24.2. The number of rotatable bonds is 14. The van der Waals surface area contributed by atoms with Crippen LogP contribution in [0.15, 0.2) is 54.6 Å². The Bertz CT molecular complexity index is 2890. The molecule has 3 aromatic carbocycles. The van der Waals surface area contributed by atoms with Gasteiger partial charge in [-0.3, -0.25) is 58.0 Å². The number of fused-ring (bicyclic) bond motifs is 2. The van der Waals surface area contributed by atoms with Crippen molar-refractivity contribution in [2.24, 2.45) is 0 Å². The lowest BCUT2D eigenvalue weighted by Crippen LogP contribution is -2.64. The lowest BCUT2D eigenvalue weighted by atomic mass is 10.0. The van der Waals surface area contributed by atoms with Crippen LogP contribution in [0, 0.1) is 0 Å². The summed E-state index contributed by atoms with van der Waals surface area (Å²) in [6, 6.07) is 8.55. The molecular formula is C52H56Cl4N8O16. The Hall–Kier alpha value is -6.96. The van der Waals surface area contributed by atoms with E-state index in [0.29, 0.717) is 12.8 Å². The van der Waals surface area contributed by atoms with Crippen LogP contribution in [0.3, 0.4) is 0 Å². The molecule has 24 nitrogen and oxygen atoms in total. The number of carbonyl (C=O) groups is 10. The van der Waals surface area contributed by atoms with E-state index in [-0.39, 0.29) is 132 Å². The van der Waals surface area contributed by atoms with Gasteiger partial charge in [-0.25, -0.2) is 10.0 Å². The van der Waals surface area contributed by atoms with Crippen molar-refractivity contribution in [2.45, 2.75) is 127 Å². The standard InChI is InChI=1S/C29H30Cl2N4O8.C23H26Cl2N4O8/c1-41-25-18(30)12-17(13-19(25)31)26(38)32-20-9-10-23(36)34-11-5-8-22(35(34)28(20)40)27(39)33-21-14-24(37)43-29(21)42-15-16-6-3-2-4-7-16;1-2-36-23-15(10-18(31)37-23)27-21(34)16-4-3-7-28-17(30)6-5-14(22(35)29(16)28)26-20(33)11-8-12(24)19(32)13(25)9-11/h2-4,6-7,12-13,20-22,29H,5,8-11,14-15H2,1H3,(H,32,38)(H,33,39);8-9,14-16,23,32H,2-7,10H2,1H3,(H,26,33)(H,27,34)/t20-,21-,22-,29?;14-,15-,16-,23?/m00/s1. The summed E-state index contributed by atoms with van der Waals surface area (Å²) in [6.45, 7) is 2.63. The molecule has 28 heteroatoms. The quantitative estimate of drug-likeness (QED) is 0.144. The maximum Gasteiger partial charge on any atom is 0.310 e. The average molecular weight is 1190 g/mol. The zero-order valence-electron chi connectivity index (χ0n) is 43.1. The van der Waals surface area contributed by atoms with Crippen molar-refractivity contribution in [3.8, 4) is 11.5 Å². The Morgan fingerprint density at radius 2 is 1.06 bits per heavy atom. The second kappa shape index (κ2) is 26.1. The number of aromatic hydroxyl groups is 1. The topological polar surface area (TPSA) is 298 Å². The summed E-state index contributed by atoms with van der Waals surface area (Å²) in [5, 5.41) is 25.2. The molecule has 0 aliphatic carbocycles. The van der Waals surface area contributed by atoms with E-state index in [2.05, 4.69) is 21.3 Å². The molecule has 6 aliphatic rings. The number of hydrazine groups is 2. The fraction of sp³-hybridized carbons (Fsp3) is 0.462. The van der Waals surface area contributed by atoms with Crippen LogP contribution in [-0.2, 0) is 63.9 Å². The van der Waals surface area contributed by atoms with Crippen LogP contribution in [0.1, 0.15) is 97.4 Å². The summed E-state index contributed by atoms with van der Waals surface area (Å²) in [5.74, 6) is -5.63. The van der Waals surface area contributed by atoms with Gasteiger partial charge in [-0.2, -0.15) is 0 Å². The Balaban J connectivity index is 0.000000213. The van der Waals surface area contributed by atoms with Crippen LogP contribution < -0.4 is 26.0 Å². The molecule has 6 heterocycles. The third-order valence-corrected chi connectivity index (χ3v) is 15.0. The number of esters is 2. The van der Waals surface area contributed by atoms with E-state index < -0.39 is 96.2 Å². The van der Waals surface area contributed by atoms with E-state index in [1.165, 1.54) is 41.4 Å². The molecule has 3 aromatic rings. The molecule has 0 aromatic heterocycles. The van der Waals surface area contributed by atoms with Crippen molar-refractivity contribution < 1.29 is 76.7 Å². The number of hydrogen-bond acceptors (Lipinski definition) is 16. The van der Waals surface area contributed by atoms with Crippen molar-refractivity contribution in [2.75, 3.05) is 26.8 Å². The predicted molar refractivity (Wildman–Crippen MR) is 281 cm³/mol. The highest BCUT2D eigenvalue weighted by Crippen LogP contribution is 2.36. The lowest BCUT2D eigenvalue weighted by Gasteiger charge is -2.43.